The van der Waals surface area contributed by atoms with Crippen LogP contribution >= 0.6 is 0 Å². The molecule has 158 valence electrons. The van der Waals surface area contributed by atoms with Gasteiger partial charge >= 0.3 is 0 Å². The van der Waals surface area contributed by atoms with Gasteiger partial charge in [0, 0.05) is 5.41 Å². The van der Waals surface area contributed by atoms with Crippen LogP contribution in [0.2, 0.25) is 0 Å². The van der Waals surface area contributed by atoms with E-state index in [0.717, 1.165) is 0 Å². The van der Waals surface area contributed by atoms with Crippen LogP contribution in [0.5, 0.6) is 5.75 Å². The SMILES string of the molecule is CC(C)(c1ccccc1)c1ccc(OCC(O)Cn2nnc3ccccc3c2=O)cc1. The molecular formula is C25H25N3O3. The zero-order valence-corrected chi connectivity index (χ0v) is 17.6. The zero-order valence-electron chi connectivity index (χ0n) is 17.6. The maximum atomic E-state index is 12.5. The summed E-state index contributed by atoms with van der Waals surface area (Å²) in [5.41, 5.74) is 2.53. The van der Waals surface area contributed by atoms with Crippen molar-refractivity contribution in [3.05, 3.63) is 100 Å². The van der Waals surface area contributed by atoms with E-state index >= 15 is 0 Å². The quantitative estimate of drug-likeness (QED) is 0.499. The lowest BCUT2D eigenvalue weighted by atomic mass is 9.78. The third kappa shape index (κ3) is 4.49. The van der Waals surface area contributed by atoms with Crippen LogP contribution in [0.15, 0.2) is 83.7 Å². The number of benzene rings is 3. The minimum absolute atomic E-state index is 0.00971. The second-order valence-electron chi connectivity index (χ2n) is 8.07. The van der Waals surface area contributed by atoms with Crippen molar-refractivity contribution in [2.75, 3.05) is 6.61 Å². The minimum Gasteiger partial charge on any atom is -0.491 e. The number of ether oxygens (including phenoxy) is 1. The third-order valence-corrected chi connectivity index (χ3v) is 5.53. The summed E-state index contributed by atoms with van der Waals surface area (Å²) in [6.45, 7) is 4.42. The summed E-state index contributed by atoms with van der Waals surface area (Å²) in [4.78, 5) is 12.5. The Kier molecular flexibility index (Phi) is 5.82. The van der Waals surface area contributed by atoms with Gasteiger partial charge in [0.05, 0.1) is 11.9 Å². The maximum Gasteiger partial charge on any atom is 0.277 e. The van der Waals surface area contributed by atoms with Gasteiger partial charge in [-0.1, -0.05) is 73.7 Å². The highest BCUT2D eigenvalue weighted by molar-refractivity contribution is 5.76. The van der Waals surface area contributed by atoms with Gasteiger partial charge in [0.25, 0.3) is 5.56 Å². The Morgan fingerprint density at radius 2 is 1.58 bits per heavy atom. The molecule has 0 amide bonds. The van der Waals surface area contributed by atoms with E-state index in [0.29, 0.717) is 16.7 Å². The van der Waals surface area contributed by atoms with Crippen LogP contribution in [0, 0.1) is 0 Å². The van der Waals surface area contributed by atoms with Gasteiger partial charge in [-0.3, -0.25) is 4.79 Å². The molecule has 0 aliphatic rings. The Balaban J connectivity index is 1.39. The summed E-state index contributed by atoms with van der Waals surface area (Å²) in [5.74, 6) is 0.656. The standard InChI is InChI=1S/C25H25N3O3/c1-25(2,18-8-4-3-5-9-18)19-12-14-21(15-13-19)31-17-20(29)16-28-24(30)22-10-6-7-11-23(22)26-27-28/h3-15,20,29H,16-17H2,1-2H3. The fourth-order valence-electron chi connectivity index (χ4n) is 3.58. The van der Waals surface area contributed by atoms with Crippen LogP contribution in [-0.2, 0) is 12.0 Å². The van der Waals surface area contributed by atoms with Crippen molar-refractivity contribution < 1.29 is 9.84 Å². The second kappa shape index (κ2) is 8.70. The van der Waals surface area contributed by atoms with E-state index < -0.39 is 6.10 Å². The number of aliphatic hydroxyl groups excluding tert-OH is 1. The van der Waals surface area contributed by atoms with Gasteiger partial charge in [0.15, 0.2) is 0 Å². The molecular weight excluding hydrogens is 390 g/mol. The van der Waals surface area contributed by atoms with Crippen LogP contribution in [-0.4, -0.2) is 32.8 Å². The molecule has 0 saturated carbocycles. The summed E-state index contributed by atoms with van der Waals surface area (Å²) in [6, 6.07) is 25.2. The average Bonchev–Trinajstić information content (AvgIpc) is 2.80. The van der Waals surface area contributed by atoms with Gasteiger partial charge in [-0.25, -0.2) is 4.68 Å². The van der Waals surface area contributed by atoms with Crippen molar-refractivity contribution in [1.82, 2.24) is 15.0 Å². The molecule has 1 N–H and O–H groups in total. The number of hydrogen-bond acceptors (Lipinski definition) is 5. The molecule has 4 rings (SSSR count). The number of aromatic nitrogens is 3. The van der Waals surface area contributed by atoms with E-state index in [-0.39, 0.29) is 24.1 Å². The lowest BCUT2D eigenvalue weighted by Gasteiger charge is -2.26. The first-order valence-corrected chi connectivity index (χ1v) is 10.2. The minimum atomic E-state index is -0.895. The first-order valence-electron chi connectivity index (χ1n) is 10.2. The van der Waals surface area contributed by atoms with Crippen LogP contribution in [0.4, 0.5) is 0 Å². The summed E-state index contributed by atoms with van der Waals surface area (Å²) in [6.07, 6.45) is -0.895. The first kappa shape index (κ1) is 20.8. The summed E-state index contributed by atoms with van der Waals surface area (Å²) >= 11 is 0. The van der Waals surface area contributed by atoms with E-state index in [1.807, 2.05) is 42.5 Å². The highest BCUT2D eigenvalue weighted by Crippen LogP contribution is 2.32. The van der Waals surface area contributed by atoms with Crippen LogP contribution in [0.3, 0.4) is 0 Å². The van der Waals surface area contributed by atoms with Crippen molar-refractivity contribution in [3.63, 3.8) is 0 Å². The molecule has 0 aliphatic heterocycles. The van der Waals surface area contributed by atoms with Gasteiger partial charge in [-0.2, -0.15) is 0 Å². The van der Waals surface area contributed by atoms with Crippen molar-refractivity contribution in [3.8, 4) is 5.75 Å². The van der Waals surface area contributed by atoms with Crippen molar-refractivity contribution >= 4 is 10.9 Å². The second-order valence-corrected chi connectivity index (χ2v) is 8.07. The number of hydrogen-bond donors (Lipinski definition) is 1. The molecule has 0 radical (unpaired) electrons. The molecule has 0 aliphatic carbocycles. The first-order chi connectivity index (χ1) is 14.9. The molecule has 6 nitrogen and oxygen atoms in total. The van der Waals surface area contributed by atoms with Crippen LogP contribution in [0.25, 0.3) is 10.9 Å². The number of aliphatic hydroxyl groups is 1. The Bertz CT molecular complexity index is 1220. The lowest BCUT2D eigenvalue weighted by Crippen LogP contribution is -2.32. The molecule has 31 heavy (non-hydrogen) atoms. The van der Waals surface area contributed by atoms with Gasteiger partial charge in [-0.15, -0.1) is 5.10 Å². The highest BCUT2D eigenvalue weighted by Gasteiger charge is 2.22. The number of rotatable bonds is 7. The fraction of sp³-hybridized carbons (Fsp3) is 0.240. The van der Waals surface area contributed by atoms with Gasteiger partial charge in [0.1, 0.15) is 24.0 Å². The third-order valence-electron chi connectivity index (χ3n) is 5.53. The summed E-state index contributed by atoms with van der Waals surface area (Å²) < 4.78 is 6.90. The zero-order chi connectivity index (χ0) is 21.8. The number of nitrogens with zero attached hydrogens (tertiary/aromatic N) is 3. The Morgan fingerprint density at radius 3 is 2.32 bits per heavy atom. The van der Waals surface area contributed by atoms with Gasteiger partial charge in [-0.05, 0) is 35.4 Å². The predicted octanol–water partition coefficient (Wildman–Crippen LogP) is 3.56. The molecule has 0 spiro atoms. The molecule has 4 aromatic rings. The molecule has 1 aromatic heterocycles. The highest BCUT2D eigenvalue weighted by atomic mass is 16.5. The van der Waals surface area contributed by atoms with E-state index in [2.05, 4.69) is 36.3 Å². The van der Waals surface area contributed by atoms with Crippen molar-refractivity contribution in [1.29, 1.82) is 0 Å². The average molecular weight is 415 g/mol. The smallest absolute Gasteiger partial charge is 0.277 e. The van der Waals surface area contributed by atoms with Crippen LogP contribution in [0.1, 0.15) is 25.0 Å². The van der Waals surface area contributed by atoms with Crippen molar-refractivity contribution in [2.24, 2.45) is 0 Å². The summed E-state index contributed by atoms with van der Waals surface area (Å²) in [7, 11) is 0. The Morgan fingerprint density at radius 1 is 0.935 bits per heavy atom. The van der Waals surface area contributed by atoms with E-state index in [1.54, 1.807) is 24.3 Å². The molecule has 0 fully saturated rings. The van der Waals surface area contributed by atoms with E-state index in [1.165, 1.54) is 15.8 Å². The van der Waals surface area contributed by atoms with Gasteiger partial charge < -0.3 is 9.84 Å². The fourth-order valence-corrected chi connectivity index (χ4v) is 3.58. The molecule has 1 atom stereocenters. The van der Waals surface area contributed by atoms with Gasteiger partial charge in [0.2, 0.25) is 0 Å². The molecule has 0 bridgehead atoms. The molecule has 1 heterocycles. The normalized spacial score (nSPS) is 12.6. The monoisotopic (exact) mass is 415 g/mol. The number of fused-ring (bicyclic) bond motifs is 1. The van der Waals surface area contributed by atoms with Crippen molar-refractivity contribution in [2.45, 2.75) is 31.9 Å². The Labute approximate surface area is 180 Å². The molecule has 6 heteroatoms. The molecule has 3 aromatic carbocycles. The topological polar surface area (TPSA) is 77.2 Å². The van der Waals surface area contributed by atoms with Crippen LogP contribution < -0.4 is 10.3 Å². The largest absolute Gasteiger partial charge is 0.491 e. The summed E-state index contributed by atoms with van der Waals surface area (Å²) in [5, 5.41) is 18.8. The maximum absolute atomic E-state index is 12.5. The van der Waals surface area contributed by atoms with E-state index in [4.69, 9.17) is 4.74 Å². The van der Waals surface area contributed by atoms with E-state index in [9.17, 15) is 9.90 Å². The molecule has 0 saturated heterocycles. The predicted molar refractivity (Wildman–Crippen MR) is 120 cm³/mol. The Hall–Kier alpha value is -3.51. The molecule has 1 unspecified atom stereocenters. The lowest BCUT2D eigenvalue weighted by molar-refractivity contribution is 0.0873.